The Morgan fingerprint density at radius 2 is 1.92 bits per heavy atom. The molecule has 138 valence electrons. The van der Waals surface area contributed by atoms with E-state index >= 15 is 0 Å². The van der Waals surface area contributed by atoms with Crippen molar-refractivity contribution in [3.8, 4) is 0 Å². The topological polar surface area (TPSA) is 66.5 Å². The summed E-state index contributed by atoms with van der Waals surface area (Å²) in [7, 11) is -3.74. The minimum atomic E-state index is -3.74. The molecular weight excluding hydrogens is 348 g/mol. The van der Waals surface area contributed by atoms with Gasteiger partial charge < -0.3 is 5.32 Å². The number of anilines is 1. The summed E-state index contributed by atoms with van der Waals surface area (Å²) in [5.74, 6) is 0.0680. The van der Waals surface area contributed by atoms with Crippen LogP contribution in [0.4, 0.5) is 5.69 Å². The Morgan fingerprint density at radius 1 is 1.19 bits per heavy atom. The van der Waals surface area contributed by atoms with Gasteiger partial charge in [-0.15, -0.1) is 0 Å². The fraction of sp³-hybridized carbons (Fsp3) is 0.350. The van der Waals surface area contributed by atoms with Crippen LogP contribution in [-0.2, 0) is 16.4 Å². The minimum Gasteiger partial charge on any atom is -0.352 e. The van der Waals surface area contributed by atoms with Crippen molar-refractivity contribution in [1.29, 1.82) is 0 Å². The SMILES string of the molecule is CC(C)CNC(=O)c1cccc(S(=O)(=O)N2c3ccccc3CC2C)c1. The van der Waals surface area contributed by atoms with E-state index < -0.39 is 10.0 Å². The second-order valence-electron chi connectivity index (χ2n) is 7.11. The highest BCUT2D eigenvalue weighted by molar-refractivity contribution is 7.92. The maximum Gasteiger partial charge on any atom is 0.264 e. The molecule has 5 nitrogen and oxygen atoms in total. The standard InChI is InChI=1S/C20H24N2O3S/c1-14(2)13-21-20(23)17-8-6-9-18(12-17)26(24,25)22-15(3)11-16-7-4-5-10-19(16)22/h4-10,12,14-15H,11,13H2,1-3H3,(H,21,23). The maximum atomic E-state index is 13.2. The molecule has 2 aromatic carbocycles. The molecule has 0 fully saturated rings. The molecule has 3 rings (SSSR count). The third-order valence-electron chi connectivity index (χ3n) is 4.47. The third-order valence-corrected chi connectivity index (χ3v) is 6.39. The molecule has 0 bridgehead atoms. The zero-order chi connectivity index (χ0) is 18.9. The maximum absolute atomic E-state index is 13.2. The van der Waals surface area contributed by atoms with Crippen LogP contribution in [0.15, 0.2) is 53.4 Å². The van der Waals surface area contributed by atoms with Crippen molar-refractivity contribution < 1.29 is 13.2 Å². The van der Waals surface area contributed by atoms with Crippen molar-refractivity contribution >= 4 is 21.6 Å². The zero-order valence-corrected chi connectivity index (χ0v) is 16.1. The van der Waals surface area contributed by atoms with Crippen LogP contribution in [0.5, 0.6) is 0 Å². The first-order valence-electron chi connectivity index (χ1n) is 8.81. The Kier molecular flexibility index (Phi) is 5.05. The first-order valence-corrected chi connectivity index (χ1v) is 10.3. The van der Waals surface area contributed by atoms with Crippen LogP contribution in [0.2, 0.25) is 0 Å². The number of hydrogen-bond donors (Lipinski definition) is 1. The molecule has 6 heteroatoms. The lowest BCUT2D eigenvalue weighted by Crippen LogP contribution is -2.36. The van der Waals surface area contributed by atoms with Gasteiger partial charge in [-0.1, -0.05) is 38.1 Å². The van der Waals surface area contributed by atoms with Gasteiger partial charge in [0, 0.05) is 18.2 Å². The van der Waals surface area contributed by atoms with Crippen LogP contribution in [-0.4, -0.2) is 26.9 Å². The van der Waals surface area contributed by atoms with E-state index in [1.807, 2.05) is 45.0 Å². The molecule has 0 radical (unpaired) electrons. The highest BCUT2D eigenvalue weighted by atomic mass is 32.2. The van der Waals surface area contributed by atoms with E-state index in [2.05, 4.69) is 5.32 Å². The largest absolute Gasteiger partial charge is 0.352 e. The molecule has 1 heterocycles. The van der Waals surface area contributed by atoms with Crippen molar-refractivity contribution in [3.63, 3.8) is 0 Å². The van der Waals surface area contributed by atoms with Crippen molar-refractivity contribution in [2.45, 2.75) is 38.1 Å². The number of amides is 1. The predicted octanol–water partition coefficient (Wildman–Crippen LogP) is 3.21. The zero-order valence-electron chi connectivity index (χ0n) is 15.3. The molecule has 1 N–H and O–H groups in total. The number of carbonyl (C=O) groups excluding carboxylic acids is 1. The van der Waals surface area contributed by atoms with Crippen LogP contribution in [0.1, 0.15) is 36.7 Å². The summed E-state index contributed by atoms with van der Waals surface area (Å²) < 4.78 is 28.0. The molecule has 26 heavy (non-hydrogen) atoms. The molecule has 0 aliphatic carbocycles. The lowest BCUT2D eigenvalue weighted by molar-refractivity contribution is 0.0949. The summed E-state index contributed by atoms with van der Waals surface area (Å²) in [6.07, 6.45) is 0.684. The summed E-state index contributed by atoms with van der Waals surface area (Å²) in [6, 6.07) is 13.6. The number of para-hydroxylation sites is 1. The summed E-state index contributed by atoms with van der Waals surface area (Å²) in [4.78, 5) is 12.4. The Morgan fingerprint density at radius 3 is 2.65 bits per heavy atom. The molecular formula is C20H24N2O3S. The molecule has 0 saturated carbocycles. The van der Waals surface area contributed by atoms with Crippen molar-refractivity contribution in [2.75, 3.05) is 10.8 Å². The van der Waals surface area contributed by atoms with Gasteiger partial charge >= 0.3 is 0 Å². The van der Waals surface area contributed by atoms with E-state index in [1.165, 1.54) is 10.4 Å². The van der Waals surface area contributed by atoms with E-state index in [-0.39, 0.29) is 16.8 Å². The lowest BCUT2D eigenvalue weighted by atomic mass is 10.1. The van der Waals surface area contributed by atoms with E-state index in [1.54, 1.807) is 18.2 Å². The first-order chi connectivity index (χ1) is 12.3. The van der Waals surface area contributed by atoms with Crippen molar-refractivity contribution in [2.24, 2.45) is 5.92 Å². The number of nitrogens with one attached hydrogen (secondary N) is 1. The summed E-state index contributed by atoms with van der Waals surface area (Å²) in [6.45, 7) is 6.46. The van der Waals surface area contributed by atoms with Gasteiger partial charge in [0.25, 0.3) is 15.9 Å². The summed E-state index contributed by atoms with van der Waals surface area (Å²) in [5, 5.41) is 2.82. The van der Waals surface area contributed by atoms with Gasteiger partial charge in [0.15, 0.2) is 0 Å². The molecule has 1 aliphatic rings. The van der Waals surface area contributed by atoms with Crippen LogP contribution >= 0.6 is 0 Å². The molecule has 1 aliphatic heterocycles. The van der Waals surface area contributed by atoms with Gasteiger partial charge in [-0.25, -0.2) is 8.42 Å². The number of sulfonamides is 1. The summed E-state index contributed by atoms with van der Waals surface area (Å²) >= 11 is 0. The van der Waals surface area contributed by atoms with Crippen molar-refractivity contribution in [1.82, 2.24) is 5.32 Å². The predicted molar refractivity (Wildman–Crippen MR) is 103 cm³/mol. The monoisotopic (exact) mass is 372 g/mol. The fourth-order valence-corrected chi connectivity index (χ4v) is 4.95. The second kappa shape index (κ2) is 7.11. The van der Waals surface area contributed by atoms with Crippen LogP contribution < -0.4 is 9.62 Å². The first kappa shape index (κ1) is 18.5. The van der Waals surface area contributed by atoms with E-state index in [4.69, 9.17) is 0 Å². The summed E-state index contributed by atoms with van der Waals surface area (Å²) in [5.41, 5.74) is 2.09. The average Bonchev–Trinajstić information content (AvgIpc) is 2.96. The highest BCUT2D eigenvalue weighted by Gasteiger charge is 2.36. The normalized spacial score (nSPS) is 16.6. The smallest absolute Gasteiger partial charge is 0.264 e. The minimum absolute atomic E-state index is 0.137. The van der Waals surface area contributed by atoms with Gasteiger partial charge in [-0.2, -0.15) is 0 Å². The number of nitrogens with zero attached hydrogens (tertiary/aromatic N) is 1. The quantitative estimate of drug-likeness (QED) is 0.876. The molecule has 2 aromatic rings. The number of benzene rings is 2. The Hall–Kier alpha value is -2.34. The Labute approximate surface area is 155 Å². The van der Waals surface area contributed by atoms with Gasteiger partial charge in [0.1, 0.15) is 0 Å². The number of carbonyl (C=O) groups is 1. The third kappa shape index (κ3) is 3.46. The molecule has 0 saturated heterocycles. The van der Waals surface area contributed by atoms with Crippen molar-refractivity contribution in [3.05, 3.63) is 59.7 Å². The van der Waals surface area contributed by atoms with Gasteiger partial charge in [0.2, 0.25) is 0 Å². The molecule has 0 spiro atoms. The number of hydrogen-bond acceptors (Lipinski definition) is 3. The van der Waals surface area contributed by atoms with Gasteiger partial charge in [-0.05, 0) is 49.1 Å². The van der Waals surface area contributed by atoms with E-state index in [0.29, 0.717) is 24.4 Å². The van der Waals surface area contributed by atoms with E-state index in [9.17, 15) is 13.2 Å². The molecule has 1 atom stereocenters. The molecule has 1 amide bonds. The van der Waals surface area contributed by atoms with Gasteiger partial charge in [0.05, 0.1) is 10.6 Å². The lowest BCUT2D eigenvalue weighted by Gasteiger charge is -2.24. The molecule has 0 aromatic heterocycles. The van der Waals surface area contributed by atoms with Gasteiger partial charge in [-0.3, -0.25) is 9.10 Å². The fourth-order valence-electron chi connectivity index (χ4n) is 3.21. The highest BCUT2D eigenvalue weighted by Crippen LogP contribution is 2.36. The molecule has 1 unspecified atom stereocenters. The Balaban J connectivity index is 1.93. The van der Waals surface area contributed by atoms with Crippen LogP contribution in [0.3, 0.4) is 0 Å². The average molecular weight is 372 g/mol. The Bertz CT molecular complexity index is 922. The van der Waals surface area contributed by atoms with E-state index in [0.717, 1.165) is 11.3 Å². The number of fused-ring (bicyclic) bond motifs is 1. The second-order valence-corrected chi connectivity index (χ2v) is 8.93. The van der Waals surface area contributed by atoms with Crippen LogP contribution in [0, 0.1) is 5.92 Å². The van der Waals surface area contributed by atoms with Crippen LogP contribution in [0.25, 0.3) is 0 Å². The number of rotatable bonds is 5.